The van der Waals surface area contributed by atoms with Crippen LogP contribution in [0.5, 0.6) is 5.75 Å². The standard InChI is InChI=1S/C11H11IN2O/c1-15-11-4-2-10(3-5-11)14-7-6-9(8-12)13-14/h2-7H,8H2,1H3. The first-order valence-corrected chi connectivity index (χ1v) is 6.11. The Morgan fingerprint density at radius 1 is 1.27 bits per heavy atom. The van der Waals surface area contributed by atoms with Gasteiger partial charge in [-0.2, -0.15) is 5.10 Å². The maximum atomic E-state index is 5.10. The molecule has 1 aromatic heterocycles. The van der Waals surface area contributed by atoms with Crippen LogP contribution in [0.25, 0.3) is 5.69 Å². The number of aromatic nitrogens is 2. The van der Waals surface area contributed by atoms with Crippen LogP contribution >= 0.6 is 22.6 Å². The average Bonchev–Trinajstić information content (AvgIpc) is 2.78. The van der Waals surface area contributed by atoms with Crippen molar-refractivity contribution in [2.75, 3.05) is 7.11 Å². The molecule has 78 valence electrons. The molecule has 0 saturated heterocycles. The maximum Gasteiger partial charge on any atom is 0.119 e. The summed E-state index contributed by atoms with van der Waals surface area (Å²) in [5.41, 5.74) is 2.14. The van der Waals surface area contributed by atoms with E-state index in [2.05, 4.69) is 27.7 Å². The first kappa shape index (κ1) is 10.5. The Bertz CT molecular complexity index is 436. The molecule has 0 bridgehead atoms. The van der Waals surface area contributed by atoms with Gasteiger partial charge in [-0.15, -0.1) is 0 Å². The van der Waals surface area contributed by atoms with Crippen LogP contribution in [0.1, 0.15) is 5.69 Å². The second-order valence-electron chi connectivity index (χ2n) is 3.08. The van der Waals surface area contributed by atoms with E-state index in [1.165, 1.54) is 0 Å². The van der Waals surface area contributed by atoms with E-state index >= 15 is 0 Å². The van der Waals surface area contributed by atoms with E-state index in [1.54, 1.807) is 7.11 Å². The van der Waals surface area contributed by atoms with Crippen LogP contribution in [0.15, 0.2) is 36.5 Å². The van der Waals surface area contributed by atoms with Crippen molar-refractivity contribution < 1.29 is 4.74 Å². The van der Waals surface area contributed by atoms with Crippen molar-refractivity contribution >= 4 is 22.6 Å². The van der Waals surface area contributed by atoms with E-state index in [-0.39, 0.29) is 0 Å². The van der Waals surface area contributed by atoms with E-state index in [1.807, 2.05) is 41.2 Å². The van der Waals surface area contributed by atoms with Gasteiger partial charge in [0.15, 0.2) is 0 Å². The highest BCUT2D eigenvalue weighted by Crippen LogP contribution is 2.14. The highest BCUT2D eigenvalue weighted by Gasteiger charge is 1.99. The summed E-state index contributed by atoms with van der Waals surface area (Å²) in [5.74, 6) is 0.861. The molecule has 4 heteroatoms. The van der Waals surface area contributed by atoms with E-state index in [0.717, 1.165) is 21.6 Å². The van der Waals surface area contributed by atoms with Crippen molar-refractivity contribution in [2.24, 2.45) is 0 Å². The summed E-state index contributed by atoms with van der Waals surface area (Å²) < 4.78 is 7.90. The second-order valence-corrected chi connectivity index (χ2v) is 3.85. The average molecular weight is 314 g/mol. The lowest BCUT2D eigenvalue weighted by Crippen LogP contribution is -1.95. The van der Waals surface area contributed by atoms with Crippen molar-refractivity contribution in [1.82, 2.24) is 9.78 Å². The molecule has 0 aliphatic carbocycles. The fourth-order valence-corrected chi connectivity index (χ4v) is 1.72. The fraction of sp³-hybridized carbons (Fsp3) is 0.182. The quantitative estimate of drug-likeness (QED) is 0.643. The van der Waals surface area contributed by atoms with Gasteiger partial charge in [0, 0.05) is 10.6 Å². The Morgan fingerprint density at radius 2 is 2.00 bits per heavy atom. The minimum absolute atomic E-state index is 0.861. The first-order valence-electron chi connectivity index (χ1n) is 4.58. The molecule has 15 heavy (non-hydrogen) atoms. The second kappa shape index (κ2) is 4.65. The monoisotopic (exact) mass is 314 g/mol. The Morgan fingerprint density at radius 3 is 2.53 bits per heavy atom. The zero-order valence-electron chi connectivity index (χ0n) is 8.35. The topological polar surface area (TPSA) is 27.1 Å². The lowest BCUT2D eigenvalue weighted by Gasteiger charge is -2.02. The largest absolute Gasteiger partial charge is 0.497 e. The van der Waals surface area contributed by atoms with Gasteiger partial charge in [0.2, 0.25) is 0 Å². The molecule has 0 N–H and O–H groups in total. The maximum absolute atomic E-state index is 5.10. The minimum Gasteiger partial charge on any atom is -0.497 e. The number of hydrogen-bond donors (Lipinski definition) is 0. The summed E-state index contributed by atoms with van der Waals surface area (Å²) in [4.78, 5) is 0. The molecule has 2 rings (SSSR count). The predicted molar refractivity (Wildman–Crippen MR) is 67.8 cm³/mol. The lowest BCUT2D eigenvalue weighted by atomic mass is 10.3. The third-order valence-corrected chi connectivity index (χ3v) is 2.90. The smallest absolute Gasteiger partial charge is 0.119 e. The van der Waals surface area contributed by atoms with Crippen LogP contribution in [0.4, 0.5) is 0 Å². The van der Waals surface area contributed by atoms with Gasteiger partial charge in [0.05, 0.1) is 18.5 Å². The number of benzene rings is 1. The number of nitrogens with zero attached hydrogens (tertiary/aromatic N) is 2. The number of halogens is 1. The van der Waals surface area contributed by atoms with Crippen molar-refractivity contribution in [3.8, 4) is 11.4 Å². The molecule has 3 nitrogen and oxygen atoms in total. The Hall–Kier alpha value is -1.04. The Labute approximate surface area is 102 Å². The summed E-state index contributed by atoms with van der Waals surface area (Å²) in [5, 5.41) is 4.42. The van der Waals surface area contributed by atoms with E-state index < -0.39 is 0 Å². The van der Waals surface area contributed by atoms with Gasteiger partial charge >= 0.3 is 0 Å². The van der Waals surface area contributed by atoms with Crippen molar-refractivity contribution in [3.05, 3.63) is 42.2 Å². The molecular weight excluding hydrogens is 303 g/mol. The van der Waals surface area contributed by atoms with Gasteiger partial charge in [0.25, 0.3) is 0 Å². The molecule has 1 aromatic carbocycles. The molecule has 0 spiro atoms. The van der Waals surface area contributed by atoms with Gasteiger partial charge in [0.1, 0.15) is 5.75 Å². The normalized spacial score (nSPS) is 10.3. The van der Waals surface area contributed by atoms with Crippen LogP contribution in [0.2, 0.25) is 0 Å². The van der Waals surface area contributed by atoms with Gasteiger partial charge in [-0.25, -0.2) is 4.68 Å². The van der Waals surface area contributed by atoms with Crippen molar-refractivity contribution in [2.45, 2.75) is 4.43 Å². The third kappa shape index (κ3) is 2.31. The molecule has 0 fully saturated rings. The zero-order valence-corrected chi connectivity index (χ0v) is 10.5. The number of hydrogen-bond acceptors (Lipinski definition) is 2. The fourth-order valence-electron chi connectivity index (χ4n) is 1.31. The van der Waals surface area contributed by atoms with Crippen molar-refractivity contribution in [3.63, 3.8) is 0 Å². The van der Waals surface area contributed by atoms with Crippen LogP contribution < -0.4 is 4.74 Å². The molecule has 2 aromatic rings. The molecule has 0 aliphatic rings. The molecule has 0 atom stereocenters. The summed E-state index contributed by atoms with van der Waals surface area (Å²) in [6, 6.07) is 9.86. The molecule has 0 unspecified atom stereocenters. The SMILES string of the molecule is COc1ccc(-n2ccc(CI)n2)cc1. The molecule has 0 aliphatic heterocycles. The third-order valence-electron chi connectivity index (χ3n) is 2.12. The van der Waals surface area contributed by atoms with E-state index in [4.69, 9.17) is 4.74 Å². The molecule has 0 saturated carbocycles. The Kier molecular flexibility index (Phi) is 3.25. The highest BCUT2D eigenvalue weighted by molar-refractivity contribution is 14.1. The molecular formula is C11H11IN2O. The summed E-state index contributed by atoms with van der Waals surface area (Å²) in [7, 11) is 1.66. The number of ether oxygens (including phenoxy) is 1. The minimum atomic E-state index is 0.861. The van der Waals surface area contributed by atoms with Gasteiger partial charge in [-0.3, -0.25) is 0 Å². The van der Waals surface area contributed by atoms with Crippen LogP contribution in [-0.2, 0) is 4.43 Å². The van der Waals surface area contributed by atoms with Crippen molar-refractivity contribution in [1.29, 1.82) is 0 Å². The highest BCUT2D eigenvalue weighted by atomic mass is 127. The lowest BCUT2D eigenvalue weighted by molar-refractivity contribution is 0.414. The van der Waals surface area contributed by atoms with Gasteiger partial charge in [-0.05, 0) is 30.3 Å². The van der Waals surface area contributed by atoms with Crippen LogP contribution in [-0.4, -0.2) is 16.9 Å². The van der Waals surface area contributed by atoms with E-state index in [9.17, 15) is 0 Å². The molecule has 0 radical (unpaired) electrons. The molecule has 1 heterocycles. The van der Waals surface area contributed by atoms with Crippen LogP contribution in [0, 0.1) is 0 Å². The Balaban J connectivity index is 2.28. The zero-order chi connectivity index (χ0) is 10.7. The molecule has 0 amide bonds. The number of methoxy groups -OCH3 is 1. The van der Waals surface area contributed by atoms with Gasteiger partial charge < -0.3 is 4.74 Å². The summed E-state index contributed by atoms with van der Waals surface area (Å²) in [6.45, 7) is 0. The predicted octanol–water partition coefficient (Wildman–Crippen LogP) is 2.82. The number of rotatable bonds is 3. The summed E-state index contributed by atoms with van der Waals surface area (Å²) >= 11 is 2.30. The summed E-state index contributed by atoms with van der Waals surface area (Å²) in [6.07, 6.45) is 1.97. The number of alkyl halides is 1. The van der Waals surface area contributed by atoms with Crippen LogP contribution in [0.3, 0.4) is 0 Å². The van der Waals surface area contributed by atoms with Gasteiger partial charge in [-0.1, -0.05) is 22.6 Å². The first-order chi connectivity index (χ1) is 7.33. The van der Waals surface area contributed by atoms with E-state index in [0.29, 0.717) is 0 Å².